The third-order valence-corrected chi connectivity index (χ3v) is 2.46. The lowest BCUT2D eigenvalue weighted by molar-refractivity contribution is -0.139. The van der Waals surface area contributed by atoms with Crippen LogP contribution in [0.1, 0.15) is 25.3 Å². The quantitative estimate of drug-likeness (QED) is 0.753. The van der Waals surface area contributed by atoms with Crippen LogP contribution in [0.15, 0.2) is 35.3 Å². The van der Waals surface area contributed by atoms with Crippen molar-refractivity contribution in [2.45, 2.75) is 25.8 Å². The van der Waals surface area contributed by atoms with Crippen LogP contribution in [0.3, 0.4) is 0 Å². The van der Waals surface area contributed by atoms with E-state index in [0.29, 0.717) is 5.71 Å². The maximum Gasteiger partial charge on any atom is 0.328 e. The van der Waals surface area contributed by atoms with Gasteiger partial charge in [0.2, 0.25) is 0 Å². The second kappa shape index (κ2) is 6.54. The lowest BCUT2D eigenvalue weighted by atomic mass is 10.1. The molecule has 1 aromatic rings. The van der Waals surface area contributed by atoms with Crippen molar-refractivity contribution in [1.82, 2.24) is 0 Å². The number of carboxylic acid groups (broad SMARTS) is 2. The van der Waals surface area contributed by atoms with Crippen LogP contribution >= 0.6 is 0 Å². The molecule has 0 aliphatic heterocycles. The lowest BCUT2D eigenvalue weighted by Crippen LogP contribution is -2.20. The number of nitrogens with zero attached hydrogens (tertiary/aromatic N) is 1. The van der Waals surface area contributed by atoms with E-state index in [9.17, 15) is 9.59 Å². The molecule has 0 saturated carbocycles. The summed E-state index contributed by atoms with van der Waals surface area (Å²) in [4.78, 5) is 25.5. The van der Waals surface area contributed by atoms with Crippen LogP contribution in [-0.2, 0) is 9.59 Å². The largest absolute Gasteiger partial charge is 0.481 e. The molecule has 1 atom stereocenters. The molecule has 0 radical (unpaired) electrons. The molecule has 0 unspecified atom stereocenters. The zero-order valence-electron chi connectivity index (χ0n) is 10.0. The minimum Gasteiger partial charge on any atom is -0.481 e. The van der Waals surface area contributed by atoms with Gasteiger partial charge in [-0.15, -0.1) is 0 Å². The van der Waals surface area contributed by atoms with Crippen LogP contribution < -0.4 is 0 Å². The molecule has 5 heteroatoms. The minimum atomic E-state index is -1.11. The molecule has 18 heavy (non-hydrogen) atoms. The van der Waals surface area contributed by atoms with E-state index >= 15 is 0 Å². The Labute approximate surface area is 105 Å². The summed E-state index contributed by atoms with van der Waals surface area (Å²) in [5, 5.41) is 17.5. The maximum absolute atomic E-state index is 11.0. The fourth-order valence-electron chi connectivity index (χ4n) is 1.49. The molecule has 0 spiro atoms. The molecule has 0 fully saturated rings. The van der Waals surface area contributed by atoms with Gasteiger partial charge in [-0.1, -0.05) is 30.3 Å². The van der Waals surface area contributed by atoms with Gasteiger partial charge in [0.25, 0.3) is 0 Å². The lowest BCUT2D eigenvalue weighted by Gasteiger charge is -2.08. The van der Waals surface area contributed by atoms with Gasteiger partial charge in [-0.3, -0.25) is 9.79 Å². The van der Waals surface area contributed by atoms with Crippen molar-refractivity contribution in [2.75, 3.05) is 0 Å². The average molecular weight is 249 g/mol. The first-order chi connectivity index (χ1) is 8.50. The van der Waals surface area contributed by atoms with E-state index in [1.165, 1.54) is 0 Å². The summed E-state index contributed by atoms with van der Waals surface area (Å²) in [6.07, 6.45) is -0.211. The molecule has 0 aliphatic carbocycles. The van der Waals surface area contributed by atoms with Crippen LogP contribution in [-0.4, -0.2) is 33.9 Å². The molecule has 0 saturated heterocycles. The Morgan fingerprint density at radius 3 is 2.33 bits per heavy atom. The summed E-state index contributed by atoms with van der Waals surface area (Å²) in [5.41, 5.74) is 1.42. The monoisotopic (exact) mass is 249 g/mol. The number of rotatable bonds is 6. The molecule has 0 amide bonds. The third kappa shape index (κ3) is 4.37. The van der Waals surface area contributed by atoms with E-state index in [1.807, 2.05) is 30.3 Å². The van der Waals surface area contributed by atoms with Gasteiger partial charge < -0.3 is 10.2 Å². The summed E-state index contributed by atoms with van der Waals surface area (Å²) < 4.78 is 0. The van der Waals surface area contributed by atoms with Crippen LogP contribution in [0.4, 0.5) is 0 Å². The van der Waals surface area contributed by atoms with Gasteiger partial charge in [0.05, 0.1) is 0 Å². The van der Waals surface area contributed by atoms with E-state index in [-0.39, 0.29) is 12.8 Å². The standard InChI is InChI=1S/C13H15NO4/c1-9(10-5-3-2-4-6-10)14-11(13(17)18)7-8-12(15)16/h2-6,11H,7-8H2,1H3,(H,15,16)(H,17,18)/t11-/m0/s1. The second-order valence-electron chi connectivity index (χ2n) is 3.87. The number of hydrogen-bond donors (Lipinski definition) is 2. The van der Waals surface area contributed by atoms with E-state index in [1.54, 1.807) is 6.92 Å². The van der Waals surface area contributed by atoms with Gasteiger partial charge in [-0.2, -0.15) is 0 Å². The Morgan fingerprint density at radius 1 is 1.22 bits per heavy atom. The van der Waals surface area contributed by atoms with Gasteiger partial charge >= 0.3 is 11.9 Å². The number of hydrogen-bond acceptors (Lipinski definition) is 3. The summed E-state index contributed by atoms with van der Waals surface area (Å²) in [7, 11) is 0. The Morgan fingerprint density at radius 2 is 1.83 bits per heavy atom. The summed E-state index contributed by atoms with van der Waals surface area (Å²) in [5.74, 6) is -2.12. The van der Waals surface area contributed by atoms with Gasteiger partial charge in [0, 0.05) is 12.1 Å². The molecule has 96 valence electrons. The molecule has 1 rings (SSSR count). The van der Waals surface area contributed by atoms with E-state index in [4.69, 9.17) is 10.2 Å². The number of benzene rings is 1. The van der Waals surface area contributed by atoms with E-state index < -0.39 is 18.0 Å². The highest BCUT2D eigenvalue weighted by atomic mass is 16.4. The summed E-state index contributed by atoms with van der Waals surface area (Å²) in [6.45, 7) is 1.71. The van der Waals surface area contributed by atoms with E-state index in [2.05, 4.69) is 4.99 Å². The number of aliphatic carboxylic acids is 2. The van der Waals surface area contributed by atoms with Crippen molar-refractivity contribution in [3.05, 3.63) is 35.9 Å². The fourth-order valence-corrected chi connectivity index (χ4v) is 1.49. The fraction of sp³-hybridized carbons (Fsp3) is 0.308. The average Bonchev–Trinajstić information content (AvgIpc) is 2.34. The number of carboxylic acids is 2. The summed E-state index contributed by atoms with van der Waals surface area (Å²) in [6, 6.07) is 8.17. The molecule has 0 heterocycles. The third-order valence-electron chi connectivity index (χ3n) is 2.46. The van der Waals surface area contributed by atoms with E-state index in [0.717, 1.165) is 5.56 Å². The van der Waals surface area contributed by atoms with Gasteiger partial charge in [-0.05, 0) is 18.9 Å². The Kier molecular flexibility index (Phi) is 5.05. The molecule has 1 aromatic carbocycles. The van der Waals surface area contributed by atoms with Crippen molar-refractivity contribution in [2.24, 2.45) is 4.99 Å². The molecule has 0 aromatic heterocycles. The van der Waals surface area contributed by atoms with Gasteiger partial charge in [0.1, 0.15) is 6.04 Å². The zero-order chi connectivity index (χ0) is 13.5. The Bertz CT molecular complexity index is 453. The zero-order valence-corrected chi connectivity index (χ0v) is 10.0. The normalized spacial score (nSPS) is 13.1. The highest BCUT2D eigenvalue weighted by molar-refractivity contribution is 5.99. The van der Waals surface area contributed by atoms with Crippen molar-refractivity contribution < 1.29 is 19.8 Å². The van der Waals surface area contributed by atoms with Gasteiger partial charge in [-0.25, -0.2) is 4.79 Å². The maximum atomic E-state index is 11.0. The highest BCUT2D eigenvalue weighted by Crippen LogP contribution is 2.07. The van der Waals surface area contributed by atoms with Crippen molar-refractivity contribution in [3.8, 4) is 0 Å². The molecule has 0 aliphatic rings. The second-order valence-corrected chi connectivity index (χ2v) is 3.87. The number of carbonyl (C=O) groups is 2. The Balaban J connectivity index is 2.81. The molecule has 0 bridgehead atoms. The predicted octanol–water partition coefficient (Wildman–Crippen LogP) is 1.81. The van der Waals surface area contributed by atoms with Crippen molar-refractivity contribution in [1.29, 1.82) is 0 Å². The molecular weight excluding hydrogens is 234 g/mol. The van der Waals surface area contributed by atoms with Crippen LogP contribution in [0, 0.1) is 0 Å². The van der Waals surface area contributed by atoms with Crippen LogP contribution in [0.5, 0.6) is 0 Å². The van der Waals surface area contributed by atoms with Crippen LogP contribution in [0.25, 0.3) is 0 Å². The first-order valence-electron chi connectivity index (χ1n) is 5.55. The smallest absolute Gasteiger partial charge is 0.328 e. The molecule has 5 nitrogen and oxygen atoms in total. The SMILES string of the molecule is CC(=N[C@@H](CCC(=O)O)C(=O)O)c1ccccc1. The Hall–Kier alpha value is -2.17. The minimum absolute atomic E-state index is 0.00512. The van der Waals surface area contributed by atoms with Crippen molar-refractivity contribution >= 4 is 17.7 Å². The number of aliphatic imine (C=N–C) groups is 1. The van der Waals surface area contributed by atoms with Gasteiger partial charge in [0.15, 0.2) is 0 Å². The van der Waals surface area contributed by atoms with Crippen molar-refractivity contribution in [3.63, 3.8) is 0 Å². The predicted molar refractivity (Wildman–Crippen MR) is 66.9 cm³/mol. The molecule has 2 N–H and O–H groups in total. The highest BCUT2D eigenvalue weighted by Gasteiger charge is 2.17. The summed E-state index contributed by atoms with van der Waals surface area (Å²) >= 11 is 0. The van der Waals surface area contributed by atoms with Crippen LogP contribution in [0.2, 0.25) is 0 Å². The molecular formula is C13H15NO4. The topological polar surface area (TPSA) is 87.0 Å². The first kappa shape index (κ1) is 13.9. The first-order valence-corrected chi connectivity index (χ1v) is 5.55.